The second kappa shape index (κ2) is 7.34. The number of aryl methyl sites for hydroxylation is 2. The van der Waals surface area contributed by atoms with Crippen molar-refractivity contribution in [1.29, 1.82) is 0 Å². The second-order valence-electron chi connectivity index (χ2n) is 6.43. The maximum Gasteiger partial charge on any atom is 0.319 e. The Bertz CT molecular complexity index is 756. The van der Waals surface area contributed by atoms with Gasteiger partial charge in [0.05, 0.1) is 0 Å². The number of likely N-dealkylation sites (tertiary alicyclic amines) is 1. The molecule has 2 N–H and O–H groups in total. The highest BCUT2D eigenvalue weighted by atomic mass is 16.2. The van der Waals surface area contributed by atoms with Crippen LogP contribution in [-0.2, 0) is 0 Å². The molecule has 25 heavy (non-hydrogen) atoms. The van der Waals surface area contributed by atoms with Crippen LogP contribution in [0.4, 0.5) is 10.5 Å². The molecule has 2 heterocycles. The van der Waals surface area contributed by atoms with Gasteiger partial charge in [0.1, 0.15) is 5.69 Å². The zero-order valence-corrected chi connectivity index (χ0v) is 14.5. The Kier molecular flexibility index (Phi) is 4.97. The minimum atomic E-state index is -0.248. The molecule has 0 bridgehead atoms. The van der Waals surface area contributed by atoms with E-state index in [1.165, 1.54) is 0 Å². The van der Waals surface area contributed by atoms with Crippen LogP contribution in [0, 0.1) is 13.8 Å². The summed E-state index contributed by atoms with van der Waals surface area (Å²) in [5.74, 6) is -0.0976. The SMILES string of the molecule is Cc1cc(C)cc(NC(=O)NC2CCN(C(=O)c3ccccn3)C2)c1. The van der Waals surface area contributed by atoms with Gasteiger partial charge in [-0.25, -0.2) is 4.79 Å². The number of aromatic nitrogens is 1. The third kappa shape index (κ3) is 4.35. The topological polar surface area (TPSA) is 74.3 Å². The van der Waals surface area contributed by atoms with E-state index in [2.05, 4.69) is 21.7 Å². The number of nitrogens with zero attached hydrogens (tertiary/aromatic N) is 2. The maximum absolute atomic E-state index is 12.4. The first-order valence-corrected chi connectivity index (χ1v) is 8.37. The largest absolute Gasteiger partial charge is 0.335 e. The number of hydrogen-bond acceptors (Lipinski definition) is 3. The molecule has 1 saturated heterocycles. The third-order valence-corrected chi connectivity index (χ3v) is 4.17. The molecule has 0 aliphatic carbocycles. The van der Waals surface area contributed by atoms with E-state index in [4.69, 9.17) is 0 Å². The third-order valence-electron chi connectivity index (χ3n) is 4.17. The smallest absolute Gasteiger partial charge is 0.319 e. The van der Waals surface area contributed by atoms with Gasteiger partial charge in [-0.3, -0.25) is 9.78 Å². The highest BCUT2D eigenvalue weighted by molar-refractivity contribution is 5.93. The number of pyridine rings is 1. The summed E-state index contributed by atoms with van der Waals surface area (Å²) in [4.78, 5) is 30.4. The number of carbonyl (C=O) groups excluding carboxylic acids is 2. The Morgan fingerprint density at radius 3 is 2.60 bits per heavy atom. The van der Waals surface area contributed by atoms with Crippen LogP contribution in [0.5, 0.6) is 0 Å². The fraction of sp³-hybridized carbons (Fsp3) is 0.316. The molecule has 0 saturated carbocycles. The standard InChI is InChI=1S/C19H22N4O2/c1-13-9-14(2)11-16(10-13)22-19(25)21-15-6-8-23(12-15)18(24)17-5-3-4-7-20-17/h3-5,7,9-11,15H,6,8,12H2,1-2H3,(H2,21,22,25). The van der Waals surface area contributed by atoms with Crippen molar-refractivity contribution in [2.75, 3.05) is 18.4 Å². The molecule has 1 fully saturated rings. The molecule has 1 aromatic carbocycles. The first kappa shape index (κ1) is 17.0. The van der Waals surface area contributed by atoms with Gasteiger partial charge in [-0.05, 0) is 55.7 Å². The lowest BCUT2D eigenvalue weighted by Crippen LogP contribution is -2.40. The Hall–Kier alpha value is -2.89. The van der Waals surface area contributed by atoms with E-state index in [1.54, 1.807) is 29.3 Å². The van der Waals surface area contributed by atoms with Crippen molar-refractivity contribution in [3.05, 3.63) is 59.4 Å². The Labute approximate surface area is 147 Å². The first-order chi connectivity index (χ1) is 12.0. The zero-order valence-electron chi connectivity index (χ0n) is 14.5. The number of hydrogen-bond donors (Lipinski definition) is 2. The van der Waals surface area contributed by atoms with E-state index in [9.17, 15) is 9.59 Å². The molecule has 1 aliphatic rings. The fourth-order valence-electron chi connectivity index (χ4n) is 3.11. The minimum Gasteiger partial charge on any atom is -0.335 e. The number of rotatable bonds is 3. The Morgan fingerprint density at radius 1 is 1.16 bits per heavy atom. The van der Waals surface area contributed by atoms with Gasteiger partial charge in [0.25, 0.3) is 5.91 Å². The monoisotopic (exact) mass is 338 g/mol. The summed E-state index contributed by atoms with van der Waals surface area (Å²) in [6, 6.07) is 10.9. The number of anilines is 1. The van der Waals surface area contributed by atoms with Crippen LogP contribution in [0.3, 0.4) is 0 Å². The molecule has 2 aromatic rings. The summed E-state index contributed by atoms with van der Waals surface area (Å²) in [6.07, 6.45) is 2.34. The van der Waals surface area contributed by atoms with Crippen LogP contribution in [0.2, 0.25) is 0 Å². The second-order valence-corrected chi connectivity index (χ2v) is 6.43. The summed E-state index contributed by atoms with van der Waals surface area (Å²) in [6.45, 7) is 5.10. The summed E-state index contributed by atoms with van der Waals surface area (Å²) >= 11 is 0. The summed E-state index contributed by atoms with van der Waals surface area (Å²) in [5, 5.41) is 5.80. The predicted molar refractivity (Wildman–Crippen MR) is 96.6 cm³/mol. The van der Waals surface area contributed by atoms with E-state index in [0.29, 0.717) is 18.8 Å². The Balaban J connectivity index is 1.54. The molecule has 1 atom stereocenters. The van der Waals surface area contributed by atoms with Gasteiger partial charge < -0.3 is 15.5 Å². The van der Waals surface area contributed by atoms with Gasteiger partial charge in [0.2, 0.25) is 0 Å². The van der Waals surface area contributed by atoms with Crippen LogP contribution in [0.15, 0.2) is 42.6 Å². The quantitative estimate of drug-likeness (QED) is 0.904. The molecule has 1 aliphatic heterocycles. The van der Waals surface area contributed by atoms with Gasteiger partial charge in [0, 0.05) is 31.0 Å². The summed E-state index contributed by atoms with van der Waals surface area (Å²) in [7, 11) is 0. The van der Waals surface area contributed by atoms with Crippen molar-refractivity contribution in [2.24, 2.45) is 0 Å². The molecule has 6 nitrogen and oxygen atoms in total. The van der Waals surface area contributed by atoms with Crippen molar-refractivity contribution in [2.45, 2.75) is 26.3 Å². The lowest BCUT2D eigenvalue weighted by atomic mass is 10.1. The molecule has 0 radical (unpaired) electrons. The van der Waals surface area contributed by atoms with Gasteiger partial charge in [-0.2, -0.15) is 0 Å². The van der Waals surface area contributed by atoms with E-state index in [0.717, 1.165) is 23.2 Å². The number of nitrogens with one attached hydrogen (secondary N) is 2. The van der Waals surface area contributed by atoms with Crippen LogP contribution < -0.4 is 10.6 Å². The van der Waals surface area contributed by atoms with Crippen molar-refractivity contribution < 1.29 is 9.59 Å². The van der Waals surface area contributed by atoms with Crippen molar-refractivity contribution in [3.8, 4) is 0 Å². The molecular weight excluding hydrogens is 316 g/mol. The normalized spacial score (nSPS) is 16.6. The highest BCUT2D eigenvalue weighted by Crippen LogP contribution is 2.15. The molecule has 1 unspecified atom stereocenters. The fourth-order valence-corrected chi connectivity index (χ4v) is 3.11. The maximum atomic E-state index is 12.4. The molecule has 0 spiro atoms. The molecule has 6 heteroatoms. The van der Waals surface area contributed by atoms with Crippen molar-refractivity contribution in [1.82, 2.24) is 15.2 Å². The lowest BCUT2D eigenvalue weighted by Gasteiger charge is -2.17. The first-order valence-electron chi connectivity index (χ1n) is 8.37. The molecule has 1 aromatic heterocycles. The van der Waals surface area contributed by atoms with Crippen LogP contribution >= 0.6 is 0 Å². The van der Waals surface area contributed by atoms with Crippen LogP contribution in [0.25, 0.3) is 0 Å². The van der Waals surface area contributed by atoms with Gasteiger partial charge in [-0.1, -0.05) is 12.1 Å². The summed E-state index contributed by atoms with van der Waals surface area (Å²) in [5.41, 5.74) is 3.41. The average Bonchev–Trinajstić information content (AvgIpc) is 3.02. The van der Waals surface area contributed by atoms with Crippen molar-refractivity contribution in [3.63, 3.8) is 0 Å². The van der Waals surface area contributed by atoms with E-state index >= 15 is 0 Å². The highest BCUT2D eigenvalue weighted by Gasteiger charge is 2.28. The minimum absolute atomic E-state index is 0.0569. The van der Waals surface area contributed by atoms with E-state index in [-0.39, 0.29) is 18.0 Å². The van der Waals surface area contributed by atoms with Crippen LogP contribution in [-0.4, -0.2) is 41.0 Å². The number of carbonyl (C=O) groups is 2. The van der Waals surface area contributed by atoms with E-state index < -0.39 is 0 Å². The zero-order chi connectivity index (χ0) is 17.8. The number of urea groups is 1. The van der Waals surface area contributed by atoms with Gasteiger partial charge in [-0.15, -0.1) is 0 Å². The van der Waals surface area contributed by atoms with Crippen LogP contribution in [0.1, 0.15) is 28.0 Å². The number of benzene rings is 1. The molecule has 3 rings (SSSR count). The van der Waals surface area contributed by atoms with E-state index in [1.807, 2.05) is 26.0 Å². The number of amides is 3. The Morgan fingerprint density at radius 2 is 1.92 bits per heavy atom. The molecule has 130 valence electrons. The summed E-state index contributed by atoms with van der Waals surface area (Å²) < 4.78 is 0. The lowest BCUT2D eigenvalue weighted by molar-refractivity contribution is 0.0783. The van der Waals surface area contributed by atoms with Crippen molar-refractivity contribution >= 4 is 17.6 Å². The molecule has 3 amide bonds. The average molecular weight is 338 g/mol. The molecular formula is C19H22N4O2. The van der Waals surface area contributed by atoms with Gasteiger partial charge >= 0.3 is 6.03 Å². The predicted octanol–water partition coefficient (Wildman–Crippen LogP) is 2.73. The van der Waals surface area contributed by atoms with Gasteiger partial charge in [0.15, 0.2) is 0 Å².